The Morgan fingerprint density at radius 1 is 1.32 bits per heavy atom. The van der Waals surface area contributed by atoms with Crippen LogP contribution in [0.25, 0.3) is 0 Å². The maximum Gasteiger partial charge on any atom is 0.252 e. The first-order valence-corrected chi connectivity index (χ1v) is 6.84. The van der Waals surface area contributed by atoms with Crippen LogP contribution in [0.5, 0.6) is 0 Å². The Hall–Kier alpha value is -1.62. The molecule has 0 unspecified atom stereocenters. The van der Waals surface area contributed by atoms with Crippen molar-refractivity contribution in [3.05, 3.63) is 23.9 Å². The first-order valence-electron chi connectivity index (χ1n) is 6.84. The van der Waals surface area contributed by atoms with E-state index in [1.807, 2.05) is 13.1 Å². The van der Waals surface area contributed by atoms with Gasteiger partial charge in [-0.05, 0) is 32.1 Å². The van der Waals surface area contributed by atoms with Gasteiger partial charge in [0.15, 0.2) is 0 Å². The molecule has 1 aromatic heterocycles. The monoisotopic (exact) mass is 264 g/mol. The molecular formula is C14H24N4O. The second kappa shape index (κ2) is 8.48. The van der Waals surface area contributed by atoms with Crippen molar-refractivity contribution in [1.82, 2.24) is 15.2 Å². The van der Waals surface area contributed by atoms with Gasteiger partial charge in [-0.25, -0.2) is 4.98 Å². The van der Waals surface area contributed by atoms with Crippen LogP contribution in [0, 0.1) is 0 Å². The number of nitrogens with one attached hydrogen (secondary N) is 2. The summed E-state index contributed by atoms with van der Waals surface area (Å²) in [5.41, 5.74) is 0.598. The van der Waals surface area contributed by atoms with Crippen LogP contribution in [0.15, 0.2) is 18.3 Å². The molecule has 1 amide bonds. The van der Waals surface area contributed by atoms with Gasteiger partial charge in [0.1, 0.15) is 5.82 Å². The quantitative estimate of drug-likeness (QED) is 0.748. The number of carbonyl (C=O) groups is 1. The molecule has 0 aliphatic carbocycles. The summed E-state index contributed by atoms with van der Waals surface area (Å²) in [4.78, 5) is 18.2. The highest BCUT2D eigenvalue weighted by molar-refractivity contribution is 5.94. The Labute approximate surface area is 115 Å². The second-order valence-electron chi connectivity index (χ2n) is 4.51. The maximum absolute atomic E-state index is 11.8. The first-order chi connectivity index (χ1) is 9.17. The van der Waals surface area contributed by atoms with Gasteiger partial charge in [0.25, 0.3) is 5.91 Å². The van der Waals surface area contributed by atoms with E-state index in [0.717, 1.165) is 31.9 Å². The van der Waals surface area contributed by atoms with E-state index in [-0.39, 0.29) is 5.91 Å². The van der Waals surface area contributed by atoms with E-state index < -0.39 is 0 Å². The third-order valence-electron chi connectivity index (χ3n) is 2.90. The zero-order valence-corrected chi connectivity index (χ0v) is 12.1. The molecule has 0 spiro atoms. The van der Waals surface area contributed by atoms with Gasteiger partial charge < -0.3 is 15.5 Å². The van der Waals surface area contributed by atoms with Gasteiger partial charge in [0.05, 0.1) is 5.56 Å². The number of aromatic nitrogens is 1. The van der Waals surface area contributed by atoms with Crippen LogP contribution in [0.2, 0.25) is 0 Å². The van der Waals surface area contributed by atoms with E-state index in [0.29, 0.717) is 12.1 Å². The molecule has 2 N–H and O–H groups in total. The van der Waals surface area contributed by atoms with Crippen LogP contribution in [0.4, 0.5) is 5.82 Å². The van der Waals surface area contributed by atoms with Crippen molar-refractivity contribution in [3.8, 4) is 0 Å². The molecule has 0 aliphatic heterocycles. The number of rotatable bonds is 8. The highest BCUT2D eigenvalue weighted by Crippen LogP contribution is 2.04. The Balaban J connectivity index is 2.40. The molecule has 0 aromatic carbocycles. The van der Waals surface area contributed by atoms with Crippen LogP contribution in [-0.4, -0.2) is 49.0 Å². The van der Waals surface area contributed by atoms with E-state index in [1.165, 1.54) is 0 Å². The van der Waals surface area contributed by atoms with Gasteiger partial charge in [0.2, 0.25) is 0 Å². The average molecular weight is 264 g/mol. The lowest BCUT2D eigenvalue weighted by atomic mass is 10.2. The lowest BCUT2D eigenvalue weighted by molar-refractivity contribution is 0.0950. The Morgan fingerprint density at radius 2 is 2.11 bits per heavy atom. The van der Waals surface area contributed by atoms with Crippen LogP contribution in [-0.2, 0) is 0 Å². The minimum absolute atomic E-state index is 0.0703. The number of hydrogen-bond donors (Lipinski definition) is 2. The van der Waals surface area contributed by atoms with E-state index in [4.69, 9.17) is 0 Å². The van der Waals surface area contributed by atoms with Gasteiger partial charge >= 0.3 is 0 Å². The molecule has 0 fully saturated rings. The van der Waals surface area contributed by atoms with Gasteiger partial charge in [0, 0.05) is 25.8 Å². The minimum Gasteiger partial charge on any atom is -0.370 e. The van der Waals surface area contributed by atoms with Crippen molar-refractivity contribution >= 4 is 11.7 Å². The summed E-state index contributed by atoms with van der Waals surface area (Å²) in [6, 6.07) is 3.63. The number of likely N-dealkylation sites (N-methyl/N-ethyl adjacent to an activating group) is 1. The van der Waals surface area contributed by atoms with Gasteiger partial charge in [-0.3, -0.25) is 4.79 Å². The topological polar surface area (TPSA) is 57.3 Å². The van der Waals surface area contributed by atoms with Gasteiger partial charge in [-0.1, -0.05) is 13.8 Å². The largest absolute Gasteiger partial charge is 0.370 e. The third-order valence-corrected chi connectivity index (χ3v) is 2.90. The van der Waals surface area contributed by atoms with E-state index in [9.17, 15) is 4.79 Å². The number of anilines is 1. The minimum atomic E-state index is -0.0703. The fourth-order valence-corrected chi connectivity index (χ4v) is 1.51. The average Bonchev–Trinajstić information content (AvgIpc) is 2.45. The van der Waals surface area contributed by atoms with Crippen LogP contribution < -0.4 is 10.6 Å². The van der Waals surface area contributed by atoms with Gasteiger partial charge in [-0.2, -0.15) is 0 Å². The van der Waals surface area contributed by atoms with Crippen LogP contribution in [0.3, 0.4) is 0 Å². The predicted octanol–water partition coefficient (Wildman–Crippen LogP) is 1.58. The lowest BCUT2D eigenvalue weighted by Crippen LogP contribution is -2.32. The molecule has 0 bridgehead atoms. The summed E-state index contributed by atoms with van der Waals surface area (Å²) in [7, 11) is 2.03. The maximum atomic E-state index is 11.8. The van der Waals surface area contributed by atoms with Crippen LogP contribution in [0.1, 0.15) is 30.6 Å². The first kappa shape index (κ1) is 15.4. The van der Waals surface area contributed by atoms with E-state index in [2.05, 4.69) is 34.4 Å². The Kier molecular flexibility index (Phi) is 6.89. The predicted molar refractivity (Wildman–Crippen MR) is 78.5 cm³/mol. The summed E-state index contributed by atoms with van der Waals surface area (Å²) >= 11 is 0. The zero-order valence-electron chi connectivity index (χ0n) is 12.1. The Morgan fingerprint density at radius 3 is 2.68 bits per heavy atom. The number of hydrogen-bond acceptors (Lipinski definition) is 4. The van der Waals surface area contributed by atoms with E-state index in [1.54, 1.807) is 12.3 Å². The van der Waals surface area contributed by atoms with Crippen molar-refractivity contribution in [2.75, 3.05) is 38.5 Å². The van der Waals surface area contributed by atoms with Crippen molar-refractivity contribution in [2.45, 2.75) is 20.3 Å². The lowest BCUT2D eigenvalue weighted by Gasteiger charge is -2.14. The zero-order chi connectivity index (χ0) is 14.1. The molecule has 19 heavy (non-hydrogen) atoms. The summed E-state index contributed by atoms with van der Waals surface area (Å²) in [5.74, 6) is 0.739. The molecule has 0 radical (unpaired) electrons. The molecule has 1 rings (SSSR count). The summed E-state index contributed by atoms with van der Waals surface area (Å²) < 4.78 is 0. The molecule has 5 heteroatoms. The Bertz CT molecular complexity index is 378. The van der Waals surface area contributed by atoms with Crippen molar-refractivity contribution in [1.29, 1.82) is 0 Å². The normalized spacial score (nSPS) is 10.5. The highest BCUT2D eigenvalue weighted by Gasteiger charge is 2.05. The number of nitrogens with zero attached hydrogens (tertiary/aromatic N) is 2. The smallest absolute Gasteiger partial charge is 0.252 e. The fraction of sp³-hybridized carbons (Fsp3) is 0.571. The molecule has 0 aliphatic rings. The number of carbonyl (C=O) groups excluding carboxylic acids is 1. The molecule has 0 atom stereocenters. The molecule has 1 aromatic rings. The van der Waals surface area contributed by atoms with Gasteiger partial charge in [-0.15, -0.1) is 0 Å². The third kappa shape index (κ3) is 5.70. The molecule has 0 saturated heterocycles. The SMILES string of the molecule is CCCNc1ccc(C(=O)NCCN(C)CC)cn1. The summed E-state index contributed by atoms with van der Waals surface area (Å²) in [5, 5.41) is 6.06. The molecule has 106 valence electrons. The molecule has 5 nitrogen and oxygen atoms in total. The molecule has 1 heterocycles. The molecular weight excluding hydrogens is 240 g/mol. The van der Waals surface area contributed by atoms with E-state index >= 15 is 0 Å². The van der Waals surface area contributed by atoms with Crippen molar-refractivity contribution in [3.63, 3.8) is 0 Å². The highest BCUT2D eigenvalue weighted by atomic mass is 16.1. The summed E-state index contributed by atoms with van der Waals surface area (Å²) in [6.45, 7) is 7.57. The van der Waals surface area contributed by atoms with Crippen molar-refractivity contribution in [2.24, 2.45) is 0 Å². The second-order valence-corrected chi connectivity index (χ2v) is 4.51. The summed E-state index contributed by atoms with van der Waals surface area (Å²) in [6.07, 6.45) is 2.66. The van der Waals surface area contributed by atoms with Crippen LogP contribution >= 0.6 is 0 Å². The fourth-order valence-electron chi connectivity index (χ4n) is 1.51. The number of amides is 1. The molecule has 0 saturated carbocycles. The standard InChI is InChI=1S/C14H24N4O/c1-4-8-15-13-7-6-12(11-17-13)14(19)16-9-10-18(3)5-2/h6-7,11H,4-5,8-10H2,1-3H3,(H,15,17)(H,16,19). The van der Waals surface area contributed by atoms with Crippen molar-refractivity contribution < 1.29 is 4.79 Å². The number of pyridine rings is 1.